The third kappa shape index (κ3) is 2.28. The number of aryl methyl sites for hydroxylation is 1. The normalized spacial score (nSPS) is 10.5. The molecule has 1 N–H and O–H groups in total. The molecule has 78 valence electrons. The van der Waals surface area contributed by atoms with Gasteiger partial charge in [-0.15, -0.1) is 0 Å². The van der Waals surface area contributed by atoms with Crippen LogP contribution < -0.4 is 5.32 Å². The van der Waals surface area contributed by atoms with E-state index in [0.29, 0.717) is 20.9 Å². The Morgan fingerprint density at radius 2 is 2.33 bits per heavy atom. The Bertz CT molecular complexity index is 504. The average Bonchev–Trinajstić information content (AvgIpc) is 2.57. The molecule has 15 heavy (non-hydrogen) atoms. The summed E-state index contributed by atoms with van der Waals surface area (Å²) in [5.74, 6) is 0.0538. The van der Waals surface area contributed by atoms with Crippen molar-refractivity contribution in [3.63, 3.8) is 0 Å². The van der Waals surface area contributed by atoms with Crippen LogP contribution in [0.1, 0.15) is 17.9 Å². The van der Waals surface area contributed by atoms with Crippen LogP contribution >= 0.6 is 0 Å². The van der Waals surface area contributed by atoms with E-state index in [9.17, 15) is 4.79 Å². The van der Waals surface area contributed by atoms with Crippen LogP contribution in [0, 0.1) is 6.92 Å². The van der Waals surface area contributed by atoms with Crippen molar-refractivity contribution in [3.05, 3.63) is 22.8 Å². The van der Waals surface area contributed by atoms with Crippen molar-refractivity contribution in [3.8, 4) is 0 Å². The average molecular weight is 267 g/mol. The zero-order valence-corrected chi connectivity index (χ0v) is 10.4. The van der Waals surface area contributed by atoms with Gasteiger partial charge in [0.15, 0.2) is 0 Å². The standard InChI is InChI=1S/C11H12N2OSe/c1-3-11(14)13-8-4-5-9-10(6-8)15-7(2)12-9/h4-6H,3H2,1-2H3,(H,13,14). The second-order valence-corrected chi connectivity index (χ2v) is 5.91. The van der Waals surface area contributed by atoms with E-state index in [4.69, 9.17) is 0 Å². The number of hydrogen-bond acceptors (Lipinski definition) is 2. The van der Waals surface area contributed by atoms with E-state index in [-0.39, 0.29) is 5.91 Å². The van der Waals surface area contributed by atoms with Crippen LogP contribution in [-0.4, -0.2) is 25.4 Å². The molecular formula is C11H12N2OSe. The van der Waals surface area contributed by atoms with Gasteiger partial charge in [0.25, 0.3) is 0 Å². The molecule has 0 saturated heterocycles. The van der Waals surface area contributed by atoms with Crippen LogP contribution in [0.15, 0.2) is 18.2 Å². The summed E-state index contributed by atoms with van der Waals surface area (Å²) >= 11 is 0.336. The van der Waals surface area contributed by atoms with Crippen molar-refractivity contribution in [1.82, 2.24) is 4.98 Å². The monoisotopic (exact) mass is 268 g/mol. The fourth-order valence-corrected chi connectivity index (χ4v) is 3.18. The van der Waals surface area contributed by atoms with Crippen LogP contribution in [0.25, 0.3) is 9.78 Å². The number of hydrogen-bond donors (Lipinski definition) is 1. The number of carbonyl (C=O) groups is 1. The maximum atomic E-state index is 11.2. The van der Waals surface area contributed by atoms with Gasteiger partial charge in [-0.25, -0.2) is 0 Å². The molecule has 0 spiro atoms. The van der Waals surface area contributed by atoms with Crippen molar-refractivity contribution < 1.29 is 4.79 Å². The molecule has 3 nitrogen and oxygen atoms in total. The Kier molecular flexibility index (Phi) is 2.89. The van der Waals surface area contributed by atoms with Crippen LogP contribution in [0.3, 0.4) is 0 Å². The molecule has 2 rings (SSSR count). The first kappa shape index (κ1) is 10.4. The summed E-state index contributed by atoms with van der Waals surface area (Å²) in [5, 5.41) is 2.86. The summed E-state index contributed by atoms with van der Waals surface area (Å²) in [6, 6.07) is 5.91. The quantitative estimate of drug-likeness (QED) is 0.845. The maximum absolute atomic E-state index is 11.2. The third-order valence-electron chi connectivity index (χ3n) is 2.10. The Labute approximate surface area is 94.3 Å². The van der Waals surface area contributed by atoms with Crippen molar-refractivity contribution in [2.75, 3.05) is 5.32 Å². The van der Waals surface area contributed by atoms with Gasteiger partial charge in [0.2, 0.25) is 0 Å². The molecule has 0 atom stereocenters. The molecule has 2 aromatic rings. The molecule has 4 heteroatoms. The van der Waals surface area contributed by atoms with Crippen LogP contribution in [-0.2, 0) is 4.79 Å². The minimum absolute atomic E-state index is 0.0538. The summed E-state index contributed by atoms with van der Waals surface area (Å²) in [6.45, 7) is 3.89. The molecule has 1 heterocycles. The van der Waals surface area contributed by atoms with E-state index in [2.05, 4.69) is 10.3 Å². The fourth-order valence-electron chi connectivity index (χ4n) is 1.37. The van der Waals surface area contributed by atoms with Crippen LogP contribution in [0.4, 0.5) is 5.69 Å². The number of aromatic nitrogens is 1. The number of amides is 1. The molecule has 0 fully saturated rings. The summed E-state index contributed by atoms with van der Waals surface area (Å²) in [5.41, 5.74) is 1.94. The molecule has 0 bridgehead atoms. The van der Waals surface area contributed by atoms with Crippen LogP contribution in [0.5, 0.6) is 0 Å². The molecule has 0 aliphatic heterocycles. The molecular weight excluding hydrogens is 255 g/mol. The molecule has 1 aromatic heterocycles. The number of nitrogens with one attached hydrogen (secondary N) is 1. The summed E-state index contributed by atoms with van der Waals surface area (Å²) < 4.78 is 2.45. The fraction of sp³-hybridized carbons (Fsp3) is 0.273. The SMILES string of the molecule is CCC(=O)Nc1ccc2nc(C)[se]c2c1. The van der Waals surface area contributed by atoms with E-state index >= 15 is 0 Å². The van der Waals surface area contributed by atoms with Crippen LogP contribution in [0.2, 0.25) is 0 Å². The van der Waals surface area contributed by atoms with Gasteiger partial charge in [-0.2, -0.15) is 0 Å². The van der Waals surface area contributed by atoms with Crippen molar-refractivity contribution in [2.24, 2.45) is 0 Å². The molecule has 0 aliphatic carbocycles. The summed E-state index contributed by atoms with van der Waals surface area (Å²) in [6.07, 6.45) is 0.512. The Morgan fingerprint density at radius 1 is 1.53 bits per heavy atom. The van der Waals surface area contributed by atoms with Gasteiger partial charge >= 0.3 is 94.0 Å². The summed E-state index contributed by atoms with van der Waals surface area (Å²) in [7, 11) is 0. The number of benzene rings is 1. The van der Waals surface area contributed by atoms with E-state index < -0.39 is 0 Å². The number of anilines is 1. The second kappa shape index (κ2) is 4.17. The van der Waals surface area contributed by atoms with Gasteiger partial charge in [0.1, 0.15) is 0 Å². The van der Waals surface area contributed by atoms with Gasteiger partial charge in [0.05, 0.1) is 0 Å². The Balaban J connectivity index is 2.33. The van der Waals surface area contributed by atoms with E-state index in [0.717, 1.165) is 11.2 Å². The second-order valence-electron chi connectivity index (χ2n) is 3.32. The first-order valence-corrected chi connectivity index (χ1v) is 6.57. The Morgan fingerprint density at radius 3 is 3.07 bits per heavy atom. The summed E-state index contributed by atoms with van der Waals surface area (Å²) in [4.78, 5) is 15.6. The molecule has 0 aliphatic rings. The zero-order chi connectivity index (χ0) is 10.8. The number of rotatable bonds is 2. The molecule has 0 unspecified atom stereocenters. The van der Waals surface area contributed by atoms with Gasteiger partial charge in [0, 0.05) is 0 Å². The predicted octanol–water partition coefficient (Wildman–Crippen LogP) is 1.95. The molecule has 1 aromatic carbocycles. The van der Waals surface area contributed by atoms with E-state index in [1.807, 2.05) is 32.0 Å². The van der Waals surface area contributed by atoms with Crippen molar-refractivity contribution in [2.45, 2.75) is 20.3 Å². The number of carbonyl (C=O) groups excluding carboxylic acids is 1. The molecule has 1 amide bonds. The first-order chi connectivity index (χ1) is 7.19. The molecule has 0 saturated carbocycles. The van der Waals surface area contributed by atoms with Gasteiger partial charge in [-0.3, -0.25) is 0 Å². The predicted molar refractivity (Wildman–Crippen MR) is 62.3 cm³/mol. The van der Waals surface area contributed by atoms with Gasteiger partial charge < -0.3 is 0 Å². The van der Waals surface area contributed by atoms with Crippen molar-refractivity contribution >= 4 is 35.9 Å². The minimum atomic E-state index is 0.0538. The molecule has 0 radical (unpaired) electrons. The van der Waals surface area contributed by atoms with Gasteiger partial charge in [-0.1, -0.05) is 0 Å². The number of nitrogens with zero attached hydrogens (tertiary/aromatic N) is 1. The van der Waals surface area contributed by atoms with E-state index in [1.165, 1.54) is 8.83 Å². The first-order valence-electron chi connectivity index (χ1n) is 4.86. The number of fused-ring (bicyclic) bond motifs is 1. The van der Waals surface area contributed by atoms with Crippen molar-refractivity contribution in [1.29, 1.82) is 0 Å². The zero-order valence-electron chi connectivity index (χ0n) is 8.70. The third-order valence-corrected chi connectivity index (χ3v) is 4.06. The van der Waals surface area contributed by atoms with Gasteiger partial charge in [-0.05, 0) is 0 Å². The van der Waals surface area contributed by atoms with E-state index in [1.54, 1.807) is 0 Å². The Hall–Kier alpha value is -1.12. The topological polar surface area (TPSA) is 42.0 Å².